The largest absolute Gasteiger partial charge is 0.381 e. The third-order valence-electron chi connectivity index (χ3n) is 3.73. The van der Waals surface area contributed by atoms with Crippen LogP contribution in [0.1, 0.15) is 29.0 Å². The molecule has 0 saturated carbocycles. The van der Waals surface area contributed by atoms with Crippen LogP contribution in [0.3, 0.4) is 0 Å². The number of nitrogens with zero attached hydrogens (tertiary/aromatic N) is 2. The molecule has 1 aliphatic heterocycles. The zero-order chi connectivity index (χ0) is 14.7. The van der Waals surface area contributed by atoms with E-state index < -0.39 is 0 Å². The van der Waals surface area contributed by atoms with Crippen LogP contribution in [-0.4, -0.2) is 33.6 Å². The second-order valence-electron chi connectivity index (χ2n) is 5.27. The van der Waals surface area contributed by atoms with Gasteiger partial charge in [0.15, 0.2) is 0 Å². The van der Waals surface area contributed by atoms with Crippen molar-refractivity contribution in [1.82, 2.24) is 9.55 Å². The minimum Gasteiger partial charge on any atom is -0.381 e. The number of aromatic nitrogens is 2. The van der Waals surface area contributed by atoms with Crippen molar-refractivity contribution in [2.24, 2.45) is 5.92 Å². The molecule has 5 heteroatoms. The van der Waals surface area contributed by atoms with Crippen molar-refractivity contribution in [3.63, 3.8) is 0 Å². The van der Waals surface area contributed by atoms with E-state index in [1.165, 1.54) is 17.3 Å². The lowest BCUT2D eigenvalue weighted by Crippen LogP contribution is -2.29. The summed E-state index contributed by atoms with van der Waals surface area (Å²) >= 11 is 1.37. The fourth-order valence-corrected chi connectivity index (χ4v) is 3.20. The fourth-order valence-electron chi connectivity index (χ4n) is 2.31. The molecule has 0 radical (unpaired) electrons. The number of carbonyl (C=O) groups excluding carboxylic acids is 1. The number of ether oxygens (including phenoxy) is 1. The van der Waals surface area contributed by atoms with Crippen LogP contribution in [0.25, 0.3) is 0 Å². The lowest BCUT2D eigenvalue weighted by Gasteiger charge is -2.25. The van der Waals surface area contributed by atoms with Crippen LogP contribution in [0.5, 0.6) is 0 Å². The summed E-state index contributed by atoms with van der Waals surface area (Å²) in [5, 5.41) is 0.0854. The molecule has 21 heavy (non-hydrogen) atoms. The van der Waals surface area contributed by atoms with Gasteiger partial charge in [-0.1, -0.05) is 42.1 Å². The molecule has 1 aromatic carbocycles. The summed E-state index contributed by atoms with van der Waals surface area (Å²) in [5.74, 6) is 1.34. The summed E-state index contributed by atoms with van der Waals surface area (Å²) in [4.78, 5) is 16.5. The van der Waals surface area contributed by atoms with Gasteiger partial charge in [-0.3, -0.25) is 4.79 Å². The summed E-state index contributed by atoms with van der Waals surface area (Å²) in [6.07, 6.45) is 3.39. The lowest BCUT2D eigenvalue weighted by molar-refractivity contribution is -0.0196. The first-order chi connectivity index (χ1) is 10.3. The first-order valence-corrected chi connectivity index (χ1v) is 8.06. The molecule has 2 heterocycles. The highest BCUT2D eigenvalue weighted by molar-refractivity contribution is 8.14. The van der Waals surface area contributed by atoms with Crippen molar-refractivity contribution in [3.8, 4) is 0 Å². The number of hydrogen-bond donors (Lipinski definition) is 0. The van der Waals surface area contributed by atoms with Crippen LogP contribution < -0.4 is 0 Å². The van der Waals surface area contributed by atoms with Crippen molar-refractivity contribution < 1.29 is 9.53 Å². The van der Waals surface area contributed by atoms with Crippen LogP contribution in [0, 0.1) is 5.92 Å². The van der Waals surface area contributed by atoms with E-state index in [0.29, 0.717) is 11.6 Å². The molecule has 3 rings (SSSR count). The van der Waals surface area contributed by atoms with Gasteiger partial charge in [-0.05, 0) is 12.5 Å². The molecule has 1 aliphatic rings. The van der Waals surface area contributed by atoms with Crippen LogP contribution >= 0.6 is 11.8 Å². The maximum absolute atomic E-state index is 12.4. The van der Waals surface area contributed by atoms with E-state index in [4.69, 9.17) is 4.74 Å². The number of imidazole rings is 1. The number of benzene rings is 1. The van der Waals surface area contributed by atoms with Crippen molar-refractivity contribution >= 4 is 16.9 Å². The molecule has 0 unspecified atom stereocenters. The Kier molecular flexibility index (Phi) is 4.41. The molecule has 0 spiro atoms. The number of rotatable bonds is 5. The van der Waals surface area contributed by atoms with Crippen molar-refractivity contribution in [2.45, 2.75) is 13.0 Å². The average Bonchev–Trinajstić information content (AvgIpc) is 2.95. The highest BCUT2D eigenvalue weighted by Gasteiger charge is 2.22. The Bertz CT molecular complexity index is 608. The minimum atomic E-state index is 0.0854. The Morgan fingerprint density at radius 3 is 2.86 bits per heavy atom. The predicted octanol–water partition coefficient (Wildman–Crippen LogP) is 3.01. The second kappa shape index (κ2) is 6.45. The Morgan fingerprint density at radius 2 is 2.19 bits per heavy atom. The van der Waals surface area contributed by atoms with Crippen LogP contribution in [0.2, 0.25) is 0 Å². The van der Waals surface area contributed by atoms with Crippen LogP contribution in [0.15, 0.2) is 42.9 Å². The van der Waals surface area contributed by atoms with Gasteiger partial charge in [0.1, 0.15) is 5.69 Å². The number of carbonyl (C=O) groups is 1. The topological polar surface area (TPSA) is 44.1 Å². The molecule has 1 saturated heterocycles. The van der Waals surface area contributed by atoms with Crippen molar-refractivity contribution in [3.05, 3.63) is 54.1 Å². The Balaban J connectivity index is 1.72. The normalized spacial score (nSPS) is 16.4. The second-order valence-corrected chi connectivity index (χ2v) is 6.27. The number of hydrogen-bond acceptors (Lipinski definition) is 4. The van der Waals surface area contributed by atoms with Gasteiger partial charge in [-0.25, -0.2) is 4.98 Å². The molecule has 0 bridgehead atoms. The minimum absolute atomic E-state index is 0.0854. The molecule has 0 N–H and O–H groups in total. The summed E-state index contributed by atoms with van der Waals surface area (Å²) in [6.45, 7) is 3.64. The fraction of sp³-hybridized carbons (Fsp3) is 0.375. The molecule has 1 aromatic heterocycles. The Morgan fingerprint density at radius 1 is 1.43 bits per heavy atom. The summed E-state index contributed by atoms with van der Waals surface area (Å²) in [5.41, 5.74) is 1.83. The van der Waals surface area contributed by atoms with E-state index in [0.717, 1.165) is 19.0 Å². The first kappa shape index (κ1) is 14.4. The number of thioether (sulfide) groups is 1. The van der Waals surface area contributed by atoms with E-state index in [1.54, 1.807) is 12.5 Å². The molecule has 110 valence electrons. The third kappa shape index (κ3) is 3.19. The summed E-state index contributed by atoms with van der Waals surface area (Å²) < 4.78 is 7.08. The maximum atomic E-state index is 12.4. The smallest absolute Gasteiger partial charge is 0.237 e. The first-order valence-electron chi connectivity index (χ1n) is 7.07. The molecule has 0 aliphatic carbocycles. The van der Waals surface area contributed by atoms with E-state index in [2.05, 4.69) is 24.0 Å². The lowest BCUT2D eigenvalue weighted by atomic mass is 10.1. The molecule has 2 aromatic rings. The quantitative estimate of drug-likeness (QED) is 0.851. The molecule has 1 atom stereocenters. The average molecular weight is 302 g/mol. The predicted molar refractivity (Wildman–Crippen MR) is 83.6 cm³/mol. The Hall–Kier alpha value is -1.59. The zero-order valence-corrected chi connectivity index (χ0v) is 12.8. The molecular weight excluding hydrogens is 284 g/mol. The van der Waals surface area contributed by atoms with E-state index in [1.807, 2.05) is 22.8 Å². The van der Waals surface area contributed by atoms with Gasteiger partial charge in [0.05, 0.1) is 31.8 Å². The van der Waals surface area contributed by atoms with Gasteiger partial charge in [-0.2, -0.15) is 0 Å². The SMILES string of the molecule is C[C@H](c1ccccc1)n1cncc1C(=O)SCC1COC1. The standard InChI is InChI=1S/C16H18N2O2S/c1-12(14-5-3-2-4-6-14)18-11-17-7-15(18)16(19)21-10-13-8-20-9-13/h2-7,11-13H,8-10H2,1H3/t12-/m1/s1. The zero-order valence-electron chi connectivity index (χ0n) is 11.9. The Labute approximate surface area is 128 Å². The van der Waals surface area contributed by atoms with Crippen LogP contribution in [-0.2, 0) is 4.74 Å². The molecular formula is C16H18N2O2S. The molecule has 0 amide bonds. The molecule has 4 nitrogen and oxygen atoms in total. The third-order valence-corrected chi connectivity index (χ3v) is 4.84. The van der Waals surface area contributed by atoms with Crippen LogP contribution in [0.4, 0.5) is 0 Å². The van der Waals surface area contributed by atoms with Gasteiger partial charge >= 0.3 is 0 Å². The van der Waals surface area contributed by atoms with E-state index in [-0.39, 0.29) is 11.2 Å². The van der Waals surface area contributed by atoms with Crippen molar-refractivity contribution in [1.29, 1.82) is 0 Å². The monoisotopic (exact) mass is 302 g/mol. The van der Waals surface area contributed by atoms with Gasteiger partial charge in [0.2, 0.25) is 5.12 Å². The maximum Gasteiger partial charge on any atom is 0.237 e. The molecule has 1 fully saturated rings. The summed E-state index contributed by atoms with van der Waals surface area (Å²) in [6, 6.07) is 10.2. The highest BCUT2D eigenvalue weighted by Crippen LogP contribution is 2.24. The highest BCUT2D eigenvalue weighted by atomic mass is 32.2. The van der Waals surface area contributed by atoms with Crippen molar-refractivity contribution in [2.75, 3.05) is 19.0 Å². The van der Waals surface area contributed by atoms with Gasteiger partial charge in [0, 0.05) is 11.7 Å². The van der Waals surface area contributed by atoms with E-state index in [9.17, 15) is 4.79 Å². The van der Waals surface area contributed by atoms with Gasteiger partial charge < -0.3 is 9.30 Å². The summed E-state index contributed by atoms with van der Waals surface area (Å²) in [7, 11) is 0. The van der Waals surface area contributed by atoms with Gasteiger partial charge in [0.25, 0.3) is 0 Å². The van der Waals surface area contributed by atoms with E-state index >= 15 is 0 Å². The van der Waals surface area contributed by atoms with Gasteiger partial charge in [-0.15, -0.1) is 0 Å².